The van der Waals surface area contributed by atoms with Gasteiger partial charge < -0.3 is 10.1 Å². The summed E-state index contributed by atoms with van der Waals surface area (Å²) in [7, 11) is 0. The smallest absolute Gasteiger partial charge is 0.165 e. The number of nitrogens with zero attached hydrogens (tertiary/aromatic N) is 1. The lowest BCUT2D eigenvalue weighted by Crippen LogP contribution is -2.11. The molecule has 0 radical (unpaired) electrons. The summed E-state index contributed by atoms with van der Waals surface area (Å²) in [6.07, 6.45) is 0.900. The predicted molar refractivity (Wildman–Crippen MR) is 79.6 cm³/mol. The van der Waals surface area contributed by atoms with E-state index in [0.29, 0.717) is 6.61 Å². The molecule has 2 aromatic rings. The SMILES string of the molecule is CCNCc1sc(COc2ccccc2F)nc1CC. The zero-order chi connectivity index (χ0) is 14.4. The maximum absolute atomic E-state index is 13.5. The van der Waals surface area contributed by atoms with Crippen molar-refractivity contribution in [2.45, 2.75) is 33.4 Å². The molecule has 0 bridgehead atoms. The molecule has 0 aliphatic carbocycles. The van der Waals surface area contributed by atoms with E-state index in [9.17, 15) is 4.39 Å². The molecule has 0 spiro atoms. The Labute approximate surface area is 122 Å². The Morgan fingerprint density at radius 1 is 1.30 bits per heavy atom. The highest BCUT2D eigenvalue weighted by Crippen LogP contribution is 2.22. The summed E-state index contributed by atoms with van der Waals surface area (Å²) in [6.45, 7) is 6.24. The zero-order valence-electron chi connectivity index (χ0n) is 11.8. The van der Waals surface area contributed by atoms with Gasteiger partial charge in [0.15, 0.2) is 11.6 Å². The Morgan fingerprint density at radius 2 is 2.10 bits per heavy atom. The van der Waals surface area contributed by atoms with Crippen LogP contribution in [-0.2, 0) is 19.6 Å². The fourth-order valence-electron chi connectivity index (χ4n) is 1.85. The second-order valence-corrected chi connectivity index (χ2v) is 5.50. The normalized spacial score (nSPS) is 10.8. The second kappa shape index (κ2) is 7.36. The Balaban J connectivity index is 2.02. The number of aromatic nitrogens is 1. The third-order valence-corrected chi connectivity index (χ3v) is 3.95. The Bertz CT molecular complexity index is 557. The predicted octanol–water partition coefficient (Wildman–Crippen LogP) is 3.53. The Morgan fingerprint density at radius 3 is 2.80 bits per heavy atom. The molecule has 0 unspecified atom stereocenters. The topological polar surface area (TPSA) is 34.1 Å². The molecule has 1 aromatic carbocycles. The molecule has 0 aliphatic rings. The highest BCUT2D eigenvalue weighted by molar-refractivity contribution is 7.11. The minimum atomic E-state index is -0.340. The monoisotopic (exact) mass is 294 g/mol. The molecule has 108 valence electrons. The van der Waals surface area contributed by atoms with Crippen LogP contribution in [0.5, 0.6) is 5.75 Å². The van der Waals surface area contributed by atoms with Crippen LogP contribution < -0.4 is 10.1 Å². The summed E-state index contributed by atoms with van der Waals surface area (Å²) in [5, 5.41) is 4.19. The van der Waals surface area contributed by atoms with E-state index in [1.807, 2.05) is 0 Å². The van der Waals surface area contributed by atoms with Gasteiger partial charge in [-0.25, -0.2) is 9.37 Å². The number of aryl methyl sites for hydroxylation is 1. The van der Waals surface area contributed by atoms with Gasteiger partial charge in [0.2, 0.25) is 0 Å². The number of thiazole rings is 1. The Hall–Kier alpha value is -1.46. The van der Waals surface area contributed by atoms with E-state index in [2.05, 4.69) is 24.1 Å². The van der Waals surface area contributed by atoms with Gasteiger partial charge in [0, 0.05) is 11.4 Å². The second-order valence-electron chi connectivity index (χ2n) is 4.33. The molecule has 5 heteroatoms. The fourth-order valence-corrected chi connectivity index (χ4v) is 2.89. The summed E-state index contributed by atoms with van der Waals surface area (Å²) in [6, 6.07) is 6.43. The van der Waals surface area contributed by atoms with Crippen LogP contribution in [0.25, 0.3) is 0 Å². The zero-order valence-corrected chi connectivity index (χ0v) is 12.6. The quantitative estimate of drug-likeness (QED) is 0.848. The van der Waals surface area contributed by atoms with E-state index in [-0.39, 0.29) is 11.6 Å². The van der Waals surface area contributed by atoms with Crippen LogP contribution in [0.1, 0.15) is 29.4 Å². The molecule has 0 saturated carbocycles. The van der Waals surface area contributed by atoms with Gasteiger partial charge in [0.05, 0.1) is 5.69 Å². The maximum atomic E-state index is 13.5. The molecule has 1 aromatic heterocycles. The summed E-state index contributed by atoms with van der Waals surface area (Å²) in [5.74, 6) is -0.0679. The number of para-hydroxylation sites is 1. The lowest BCUT2D eigenvalue weighted by Gasteiger charge is -2.04. The highest BCUT2D eigenvalue weighted by atomic mass is 32.1. The minimum Gasteiger partial charge on any atom is -0.483 e. The van der Waals surface area contributed by atoms with E-state index in [1.54, 1.807) is 29.5 Å². The standard InChI is InChI=1S/C15H19FN2OS/c1-3-12-14(9-17-4-2)20-15(18-12)10-19-13-8-6-5-7-11(13)16/h5-8,17H,3-4,9-10H2,1-2H3. The maximum Gasteiger partial charge on any atom is 0.165 e. The summed E-state index contributed by atoms with van der Waals surface area (Å²) >= 11 is 1.63. The first-order valence-corrected chi connectivity index (χ1v) is 7.61. The van der Waals surface area contributed by atoms with Crippen molar-refractivity contribution in [1.29, 1.82) is 0 Å². The van der Waals surface area contributed by atoms with Gasteiger partial charge >= 0.3 is 0 Å². The first-order valence-electron chi connectivity index (χ1n) is 6.80. The third kappa shape index (κ3) is 3.77. The first kappa shape index (κ1) is 14.9. The summed E-state index contributed by atoms with van der Waals surface area (Å²) in [5.41, 5.74) is 1.10. The van der Waals surface area contributed by atoms with Crippen LogP contribution in [-0.4, -0.2) is 11.5 Å². The van der Waals surface area contributed by atoms with Gasteiger partial charge in [0.25, 0.3) is 0 Å². The summed E-state index contributed by atoms with van der Waals surface area (Å²) < 4.78 is 19.0. The van der Waals surface area contributed by atoms with Crippen molar-refractivity contribution in [3.63, 3.8) is 0 Å². The number of benzene rings is 1. The van der Waals surface area contributed by atoms with Gasteiger partial charge in [-0.05, 0) is 25.1 Å². The van der Waals surface area contributed by atoms with Gasteiger partial charge in [-0.15, -0.1) is 11.3 Å². The molecule has 2 rings (SSSR count). The molecule has 0 aliphatic heterocycles. The van der Waals surface area contributed by atoms with Crippen molar-refractivity contribution in [1.82, 2.24) is 10.3 Å². The van der Waals surface area contributed by atoms with Crippen molar-refractivity contribution in [3.05, 3.63) is 45.7 Å². The number of hydrogen-bond donors (Lipinski definition) is 1. The van der Waals surface area contributed by atoms with Crippen molar-refractivity contribution < 1.29 is 9.13 Å². The van der Waals surface area contributed by atoms with Crippen molar-refractivity contribution in [3.8, 4) is 5.75 Å². The largest absolute Gasteiger partial charge is 0.483 e. The highest BCUT2D eigenvalue weighted by Gasteiger charge is 2.10. The van der Waals surface area contributed by atoms with E-state index in [1.165, 1.54) is 10.9 Å². The molecule has 3 nitrogen and oxygen atoms in total. The van der Waals surface area contributed by atoms with Crippen LogP contribution in [0, 0.1) is 5.82 Å². The molecule has 0 atom stereocenters. The first-order chi connectivity index (χ1) is 9.74. The van der Waals surface area contributed by atoms with Crippen LogP contribution in [0.4, 0.5) is 4.39 Å². The summed E-state index contributed by atoms with van der Waals surface area (Å²) in [4.78, 5) is 5.79. The average molecular weight is 294 g/mol. The molecule has 0 amide bonds. The number of rotatable bonds is 7. The minimum absolute atomic E-state index is 0.272. The molecule has 20 heavy (non-hydrogen) atoms. The molecule has 1 heterocycles. The van der Waals surface area contributed by atoms with Crippen LogP contribution in [0.3, 0.4) is 0 Å². The van der Waals surface area contributed by atoms with E-state index in [4.69, 9.17) is 4.74 Å². The van der Waals surface area contributed by atoms with Crippen LogP contribution in [0.15, 0.2) is 24.3 Å². The lowest BCUT2D eigenvalue weighted by atomic mass is 10.3. The van der Waals surface area contributed by atoms with Crippen LogP contribution >= 0.6 is 11.3 Å². The Kier molecular flexibility index (Phi) is 5.49. The van der Waals surface area contributed by atoms with Crippen molar-refractivity contribution in [2.75, 3.05) is 6.54 Å². The molecule has 1 N–H and O–H groups in total. The third-order valence-electron chi connectivity index (χ3n) is 2.88. The average Bonchev–Trinajstić information content (AvgIpc) is 2.86. The van der Waals surface area contributed by atoms with Gasteiger partial charge in [-0.2, -0.15) is 0 Å². The number of nitrogens with one attached hydrogen (secondary N) is 1. The fraction of sp³-hybridized carbons (Fsp3) is 0.400. The van der Waals surface area contributed by atoms with Gasteiger partial charge in [-0.3, -0.25) is 0 Å². The van der Waals surface area contributed by atoms with E-state index in [0.717, 1.165) is 30.2 Å². The van der Waals surface area contributed by atoms with Gasteiger partial charge in [-0.1, -0.05) is 26.0 Å². The van der Waals surface area contributed by atoms with Crippen molar-refractivity contribution >= 4 is 11.3 Å². The molecule has 0 saturated heterocycles. The lowest BCUT2D eigenvalue weighted by molar-refractivity contribution is 0.289. The number of halogens is 1. The molecular formula is C15H19FN2OS. The van der Waals surface area contributed by atoms with Gasteiger partial charge in [0.1, 0.15) is 11.6 Å². The van der Waals surface area contributed by atoms with E-state index >= 15 is 0 Å². The number of hydrogen-bond acceptors (Lipinski definition) is 4. The molecule has 0 fully saturated rings. The van der Waals surface area contributed by atoms with E-state index < -0.39 is 0 Å². The van der Waals surface area contributed by atoms with Crippen molar-refractivity contribution in [2.24, 2.45) is 0 Å². The van der Waals surface area contributed by atoms with Crippen LogP contribution in [0.2, 0.25) is 0 Å². The molecular weight excluding hydrogens is 275 g/mol. The number of ether oxygens (including phenoxy) is 1.